The van der Waals surface area contributed by atoms with Crippen molar-refractivity contribution in [3.05, 3.63) is 65.4 Å². The molecule has 0 spiro atoms. The molecule has 1 fully saturated rings. The second-order valence-electron chi connectivity index (χ2n) is 6.37. The van der Waals surface area contributed by atoms with Crippen molar-refractivity contribution >= 4 is 34.8 Å². The zero-order valence-corrected chi connectivity index (χ0v) is 16.4. The summed E-state index contributed by atoms with van der Waals surface area (Å²) in [5.41, 5.74) is 2.50. The number of thiazole rings is 1. The van der Waals surface area contributed by atoms with Gasteiger partial charge in [0.25, 0.3) is 5.91 Å². The number of rotatable bonds is 4. The number of benzene rings is 1. The summed E-state index contributed by atoms with van der Waals surface area (Å²) in [7, 11) is 0. The summed E-state index contributed by atoms with van der Waals surface area (Å²) >= 11 is 1.57. The predicted octanol–water partition coefficient (Wildman–Crippen LogP) is 4.35. The first-order chi connectivity index (χ1) is 12.8. The van der Waals surface area contributed by atoms with Crippen LogP contribution in [0.25, 0.3) is 11.1 Å². The largest absolute Gasteiger partial charge is 0.317 e. The van der Waals surface area contributed by atoms with E-state index in [4.69, 9.17) is 0 Å². The number of pyridine rings is 1. The minimum absolute atomic E-state index is 0. The second-order valence-corrected chi connectivity index (χ2v) is 7.44. The van der Waals surface area contributed by atoms with Crippen LogP contribution in [0.1, 0.15) is 34.0 Å². The maximum absolute atomic E-state index is 12.6. The number of nitrogens with one attached hydrogen (secondary N) is 2. The first kappa shape index (κ1) is 19.5. The number of halogens is 1. The van der Waals surface area contributed by atoms with E-state index in [0.29, 0.717) is 16.6 Å². The van der Waals surface area contributed by atoms with E-state index in [1.807, 2.05) is 42.6 Å². The summed E-state index contributed by atoms with van der Waals surface area (Å²) < 4.78 is 0. The SMILES string of the molecule is Cl.O=C(Nc1ncc(C2CCNCC2)s1)c1cncc(-c2ccccc2)c1. The van der Waals surface area contributed by atoms with E-state index in [1.165, 1.54) is 4.88 Å². The molecule has 1 aromatic carbocycles. The van der Waals surface area contributed by atoms with Gasteiger partial charge in [0.15, 0.2) is 5.13 Å². The highest BCUT2D eigenvalue weighted by molar-refractivity contribution is 7.15. The zero-order valence-electron chi connectivity index (χ0n) is 14.7. The van der Waals surface area contributed by atoms with E-state index in [9.17, 15) is 4.79 Å². The van der Waals surface area contributed by atoms with Gasteiger partial charge in [0.2, 0.25) is 0 Å². The average molecular weight is 401 g/mol. The third-order valence-corrected chi connectivity index (χ3v) is 5.67. The summed E-state index contributed by atoms with van der Waals surface area (Å²) in [6.07, 6.45) is 7.50. The Bertz CT molecular complexity index is 894. The Morgan fingerprint density at radius 3 is 2.63 bits per heavy atom. The average Bonchev–Trinajstić information content (AvgIpc) is 3.18. The van der Waals surface area contributed by atoms with Crippen LogP contribution in [0.15, 0.2) is 55.0 Å². The van der Waals surface area contributed by atoms with E-state index in [0.717, 1.165) is 37.1 Å². The van der Waals surface area contributed by atoms with Gasteiger partial charge in [-0.05, 0) is 43.5 Å². The molecule has 0 bridgehead atoms. The molecule has 3 heterocycles. The lowest BCUT2D eigenvalue weighted by molar-refractivity contribution is 0.102. The molecule has 0 radical (unpaired) electrons. The van der Waals surface area contributed by atoms with Crippen LogP contribution >= 0.6 is 23.7 Å². The highest BCUT2D eigenvalue weighted by Crippen LogP contribution is 2.31. The van der Waals surface area contributed by atoms with Gasteiger partial charge in [-0.15, -0.1) is 23.7 Å². The van der Waals surface area contributed by atoms with Gasteiger partial charge in [-0.1, -0.05) is 30.3 Å². The maximum atomic E-state index is 12.6. The molecule has 1 aliphatic heterocycles. The summed E-state index contributed by atoms with van der Waals surface area (Å²) in [6, 6.07) is 11.8. The van der Waals surface area contributed by atoms with Crippen LogP contribution in [0.4, 0.5) is 5.13 Å². The molecule has 2 aromatic heterocycles. The van der Waals surface area contributed by atoms with Crippen LogP contribution in [0.2, 0.25) is 0 Å². The quantitative estimate of drug-likeness (QED) is 0.683. The third kappa shape index (κ3) is 4.71. The Kier molecular flexibility index (Phi) is 6.55. The van der Waals surface area contributed by atoms with Crippen molar-refractivity contribution in [2.24, 2.45) is 0 Å². The molecule has 3 aromatic rings. The van der Waals surface area contributed by atoms with Gasteiger partial charge < -0.3 is 5.32 Å². The van der Waals surface area contributed by atoms with E-state index >= 15 is 0 Å². The summed E-state index contributed by atoms with van der Waals surface area (Å²) in [6.45, 7) is 2.09. The first-order valence-electron chi connectivity index (χ1n) is 8.78. The molecular formula is C20H21ClN4OS. The highest BCUT2D eigenvalue weighted by atomic mass is 35.5. The van der Waals surface area contributed by atoms with Crippen LogP contribution in [0.3, 0.4) is 0 Å². The van der Waals surface area contributed by atoms with Gasteiger partial charge in [0, 0.05) is 29.0 Å². The van der Waals surface area contributed by atoms with Crippen LogP contribution in [0, 0.1) is 0 Å². The lowest BCUT2D eigenvalue weighted by Gasteiger charge is -2.20. The molecule has 140 valence electrons. The molecule has 7 heteroatoms. The Morgan fingerprint density at radius 1 is 1.07 bits per heavy atom. The van der Waals surface area contributed by atoms with Crippen LogP contribution in [0.5, 0.6) is 0 Å². The highest BCUT2D eigenvalue weighted by Gasteiger charge is 2.18. The lowest BCUT2D eigenvalue weighted by atomic mass is 9.97. The Balaban J connectivity index is 0.00000210. The minimum Gasteiger partial charge on any atom is -0.317 e. The molecule has 2 N–H and O–H groups in total. The fourth-order valence-electron chi connectivity index (χ4n) is 3.16. The molecule has 4 rings (SSSR count). The molecule has 0 saturated carbocycles. The number of amides is 1. The van der Waals surface area contributed by atoms with Crippen molar-refractivity contribution in [3.8, 4) is 11.1 Å². The molecule has 27 heavy (non-hydrogen) atoms. The molecule has 1 amide bonds. The monoisotopic (exact) mass is 400 g/mol. The number of aromatic nitrogens is 2. The van der Waals surface area contributed by atoms with Gasteiger partial charge >= 0.3 is 0 Å². The number of hydrogen-bond donors (Lipinski definition) is 2. The number of piperidine rings is 1. The topological polar surface area (TPSA) is 66.9 Å². The second kappa shape index (κ2) is 9.08. The van der Waals surface area contributed by atoms with Crippen molar-refractivity contribution in [3.63, 3.8) is 0 Å². The van der Waals surface area contributed by atoms with Gasteiger partial charge in [-0.2, -0.15) is 0 Å². The van der Waals surface area contributed by atoms with Crippen molar-refractivity contribution in [2.75, 3.05) is 18.4 Å². The molecule has 5 nitrogen and oxygen atoms in total. The van der Waals surface area contributed by atoms with E-state index in [1.54, 1.807) is 23.7 Å². The number of hydrogen-bond acceptors (Lipinski definition) is 5. The zero-order chi connectivity index (χ0) is 17.8. The summed E-state index contributed by atoms with van der Waals surface area (Å²) in [5.74, 6) is 0.365. The fourth-order valence-corrected chi connectivity index (χ4v) is 4.14. The lowest BCUT2D eigenvalue weighted by Crippen LogP contribution is -2.26. The molecule has 0 aliphatic carbocycles. The molecular weight excluding hydrogens is 380 g/mol. The smallest absolute Gasteiger partial charge is 0.259 e. The summed E-state index contributed by atoms with van der Waals surface area (Å²) in [5, 5.41) is 6.93. The van der Waals surface area contributed by atoms with Gasteiger partial charge in [-0.25, -0.2) is 4.98 Å². The standard InChI is InChI=1S/C20H20N4OS.ClH/c25-19(17-10-16(11-22-12-17)14-4-2-1-3-5-14)24-20-23-13-18(26-20)15-6-8-21-9-7-15;/h1-5,10-13,15,21H,6-9H2,(H,23,24,25);1H. The van der Waals surface area contributed by atoms with Gasteiger partial charge in [-0.3, -0.25) is 15.1 Å². The summed E-state index contributed by atoms with van der Waals surface area (Å²) in [4.78, 5) is 22.4. The number of carbonyl (C=O) groups is 1. The van der Waals surface area contributed by atoms with E-state index < -0.39 is 0 Å². The normalized spacial score (nSPS) is 14.4. The maximum Gasteiger partial charge on any atom is 0.259 e. The van der Waals surface area contributed by atoms with Crippen LogP contribution in [-0.4, -0.2) is 29.0 Å². The van der Waals surface area contributed by atoms with Gasteiger partial charge in [0.05, 0.1) is 5.56 Å². The van der Waals surface area contributed by atoms with Crippen molar-refractivity contribution in [2.45, 2.75) is 18.8 Å². The third-order valence-electron chi connectivity index (χ3n) is 4.59. The molecule has 1 aliphatic rings. The minimum atomic E-state index is -0.179. The number of carbonyl (C=O) groups excluding carboxylic acids is 1. The van der Waals surface area contributed by atoms with Crippen molar-refractivity contribution in [1.29, 1.82) is 0 Å². The van der Waals surface area contributed by atoms with Crippen LogP contribution in [-0.2, 0) is 0 Å². The fraction of sp³-hybridized carbons (Fsp3) is 0.250. The Labute approximate surface area is 168 Å². The number of nitrogens with zero attached hydrogens (tertiary/aromatic N) is 2. The molecule has 0 atom stereocenters. The van der Waals surface area contributed by atoms with Crippen molar-refractivity contribution in [1.82, 2.24) is 15.3 Å². The Hall–Kier alpha value is -2.28. The first-order valence-corrected chi connectivity index (χ1v) is 9.59. The van der Waals surface area contributed by atoms with Gasteiger partial charge in [0.1, 0.15) is 0 Å². The molecule has 1 saturated heterocycles. The molecule has 0 unspecified atom stereocenters. The predicted molar refractivity (Wildman–Crippen MR) is 112 cm³/mol. The van der Waals surface area contributed by atoms with Crippen molar-refractivity contribution < 1.29 is 4.79 Å². The number of anilines is 1. The van der Waals surface area contributed by atoms with Crippen LogP contribution < -0.4 is 10.6 Å². The van der Waals surface area contributed by atoms with E-state index in [2.05, 4.69) is 20.6 Å². The Morgan fingerprint density at radius 2 is 1.85 bits per heavy atom. The van der Waals surface area contributed by atoms with E-state index in [-0.39, 0.29) is 18.3 Å².